The van der Waals surface area contributed by atoms with Gasteiger partial charge < -0.3 is 10.2 Å². The van der Waals surface area contributed by atoms with Crippen molar-refractivity contribution in [2.75, 3.05) is 19.4 Å². The van der Waals surface area contributed by atoms with Crippen molar-refractivity contribution in [1.29, 1.82) is 0 Å². The first kappa shape index (κ1) is 10.3. The van der Waals surface area contributed by atoms with E-state index in [4.69, 9.17) is 0 Å². The number of anilines is 1. The molecule has 1 N–H and O–H groups in total. The van der Waals surface area contributed by atoms with E-state index in [0.29, 0.717) is 0 Å². The van der Waals surface area contributed by atoms with E-state index in [1.165, 1.54) is 4.90 Å². The standard InChI is InChI=1S/C9H11IN2O/c1-12(2)9(13)11-8-6-4-3-5-7(8)10/h3-6H,1-2H3,(H,11,13). The summed E-state index contributed by atoms with van der Waals surface area (Å²) in [6.07, 6.45) is 0. The van der Waals surface area contributed by atoms with E-state index in [9.17, 15) is 4.79 Å². The van der Waals surface area contributed by atoms with Gasteiger partial charge in [0, 0.05) is 17.7 Å². The first-order chi connectivity index (χ1) is 6.11. The number of benzene rings is 1. The van der Waals surface area contributed by atoms with E-state index in [-0.39, 0.29) is 6.03 Å². The molecule has 0 spiro atoms. The Balaban J connectivity index is 2.75. The van der Waals surface area contributed by atoms with E-state index >= 15 is 0 Å². The molecule has 1 aromatic carbocycles. The number of hydrogen-bond donors (Lipinski definition) is 1. The highest BCUT2D eigenvalue weighted by molar-refractivity contribution is 14.1. The first-order valence-corrected chi connectivity index (χ1v) is 4.92. The number of rotatable bonds is 1. The zero-order chi connectivity index (χ0) is 9.84. The molecule has 0 aliphatic heterocycles. The predicted octanol–water partition coefficient (Wildman–Crippen LogP) is 2.38. The molecule has 0 saturated carbocycles. The third-order valence-electron chi connectivity index (χ3n) is 1.52. The summed E-state index contributed by atoms with van der Waals surface area (Å²) < 4.78 is 1.04. The lowest BCUT2D eigenvalue weighted by Crippen LogP contribution is -2.27. The molecule has 0 radical (unpaired) electrons. The van der Waals surface area contributed by atoms with Crippen molar-refractivity contribution in [3.05, 3.63) is 27.8 Å². The van der Waals surface area contributed by atoms with Crippen LogP contribution in [0.1, 0.15) is 0 Å². The molecule has 70 valence electrons. The minimum absolute atomic E-state index is 0.107. The van der Waals surface area contributed by atoms with Crippen molar-refractivity contribution in [2.24, 2.45) is 0 Å². The average Bonchev–Trinajstić information content (AvgIpc) is 2.08. The van der Waals surface area contributed by atoms with Crippen molar-refractivity contribution >= 4 is 34.3 Å². The highest BCUT2D eigenvalue weighted by Gasteiger charge is 2.05. The lowest BCUT2D eigenvalue weighted by Gasteiger charge is -2.12. The van der Waals surface area contributed by atoms with E-state index < -0.39 is 0 Å². The summed E-state index contributed by atoms with van der Waals surface area (Å²) >= 11 is 2.18. The molecule has 0 saturated heterocycles. The minimum Gasteiger partial charge on any atom is -0.331 e. The van der Waals surface area contributed by atoms with Crippen molar-refractivity contribution < 1.29 is 4.79 Å². The maximum atomic E-state index is 11.3. The fourth-order valence-electron chi connectivity index (χ4n) is 0.790. The lowest BCUT2D eigenvalue weighted by atomic mass is 10.3. The van der Waals surface area contributed by atoms with Crippen LogP contribution in [0.4, 0.5) is 10.5 Å². The van der Waals surface area contributed by atoms with Crippen LogP contribution >= 0.6 is 22.6 Å². The number of hydrogen-bond acceptors (Lipinski definition) is 1. The summed E-state index contributed by atoms with van der Waals surface area (Å²) in [6, 6.07) is 7.55. The van der Waals surface area contributed by atoms with Crippen LogP contribution in [-0.4, -0.2) is 25.0 Å². The number of carbonyl (C=O) groups is 1. The molecule has 0 aromatic heterocycles. The maximum absolute atomic E-state index is 11.3. The summed E-state index contributed by atoms with van der Waals surface area (Å²) in [6.45, 7) is 0. The van der Waals surface area contributed by atoms with Gasteiger partial charge in [0.15, 0.2) is 0 Å². The van der Waals surface area contributed by atoms with Crippen LogP contribution in [-0.2, 0) is 0 Å². The quantitative estimate of drug-likeness (QED) is 0.791. The van der Waals surface area contributed by atoms with Crippen LogP contribution in [0.2, 0.25) is 0 Å². The third kappa shape index (κ3) is 2.87. The van der Waals surface area contributed by atoms with Crippen LogP contribution in [0, 0.1) is 3.57 Å². The molecule has 0 fully saturated rings. The summed E-state index contributed by atoms with van der Waals surface area (Å²) in [5.74, 6) is 0. The smallest absolute Gasteiger partial charge is 0.321 e. The second kappa shape index (κ2) is 4.45. The highest BCUT2D eigenvalue weighted by Crippen LogP contribution is 2.16. The van der Waals surface area contributed by atoms with E-state index in [1.54, 1.807) is 14.1 Å². The molecule has 13 heavy (non-hydrogen) atoms. The average molecular weight is 290 g/mol. The van der Waals surface area contributed by atoms with Crippen LogP contribution in [0.25, 0.3) is 0 Å². The fraction of sp³-hybridized carbons (Fsp3) is 0.222. The lowest BCUT2D eigenvalue weighted by molar-refractivity contribution is 0.230. The number of carbonyl (C=O) groups excluding carboxylic acids is 1. The summed E-state index contributed by atoms with van der Waals surface area (Å²) in [7, 11) is 3.43. The molecule has 1 rings (SSSR count). The Bertz CT molecular complexity index is 312. The molecule has 1 aromatic rings. The summed E-state index contributed by atoms with van der Waals surface area (Å²) in [5.41, 5.74) is 0.849. The largest absolute Gasteiger partial charge is 0.331 e. The highest BCUT2D eigenvalue weighted by atomic mass is 127. The Morgan fingerprint density at radius 2 is 2.00 bits per heavy atom. The van der Waals surface area contributed by atoms with Gasteiger partial charge in [0.1, 0.15) is 0 Å². The van der Waals surface area contributed by atoms with Crippen molar-refractivity contribution in [2.45, 2.75) is 0 Å². The Hall–Kier alpha value is -0.780. The van der Waals surface area contributed by atoms with Gasteiger partial charge in [0.2, 0.25) is 0 Å². The molecule has 3 nitrogen and oxygen atoms in total. The van der Waals surface area contributed by atoms with Gasteiger partial charge in [-0.05, 0) is 34.7 Å². The zero-order valence-electron chi connectivity index (χ0n) is 7.54. The van der Waals surface area contributed by atoms with E-state index in [2.05, 4.69) is 27.9 Å². The number of nitrogens with one attached hydrogen (secondary N) is 1. The monoisotopic (exact) mass is 290 g/mol. The van der Waals surface area contributed by atoms with Gasteiger partial charge in [-0.1, -0.05) is 12.1 Å². The van der Waals surface area contributed by atoms with Crippen molar-refractivity contribution in [3.8, 4) is 0 Å². The van der Waals surface area contributed by atoms with Crippen LogP contribution < -0.4 is 5.32 Å². The summed E-state index contributed by atoms with van der Waals surface area (Å²) in [4.78, 5) is 12.8. The Labute approximate surface area is 91.3 Å². The van der Waals surface area contributed by atoms with Crippen molar-refractivity contribution in [3.63, 3.8) is 0 Å². The predicted molar refractivity (Wildman–Crippen MR) is 61.9 cm³/mol. The molecule has 0 atom stereocenters. The molecule has 0 aliphatic carbocycles. The molecule has 0 unspecified atom stereocenters. The number of urea groups is 1. The van der Waals surface area contributed by atoms with Crippen LogP contribution in [0.15, 0.2) is 24.3 Å². The van der Waals surface area contributed by atoms with Crippen LogP contribution in [0.5, 0.6) is 0 Å². The molecule has 4 heteroatoms. The normalized spacial score (nSPS) is 9.46. The SMILES string of the molecule is CN(C)C(=O)Nc1ccccc1I. The first-order valence-electron chi connectivity index (χ1n) is 3.84. The number of nitrogens with zero attached hydrogens (tertiary/aromatic N) is 1. The van der Waals surface area contributed by atoms with Gasteiger partial charge in [0.25, 0.3) is 0 Å². The fourth-order valence-corrected chi connectivity index (χ4v) is 1.31. The Morgan fingerprint density at radius 1 is 1.38 bits per heavy atom. The number of para-hydroxylation sites is 1. The van der Waals surface area contributed by atoms with Crippen LogP contribution in [0.3, 0.4) is 0 Å². The molecule has 0 heterocycles. The second-order valence-electron chi connectivity index (χ2n) is 2.80. The van der Waals surface area contributed by atoms with Gasteiger partial charge in [-0.3, -0.25) is 0 Å². The topological polar surface area (TPSA) is 32.3 Å². The maximum Gasteiger partial charge on any atom is 0.321 e. The van der Waals surface area contributed by atoms with Gasteiger partial charge in [-0.2, -0.15) is 0 Å². The Morgan fingerprint density at radius 3 is 2.54 bits per heavy atom. The van der Waals surface area contributed by atoms with Crippen molar-refractivity contribution in [1.82, 2.24) is 4.90 Å². The Kier molecular flexibility index (Phi) is 3.53. The number of halogens is 1. The van der Waals surface area contributed by atoms with Gasteiger partial charge in [-0.25, -0.2) is 4.79 Å². The summed E-state index contributed by atoms with van der Waals surface area (Å²) in [5, 5.41) is 2.79. The van der Waals surface area contributed by atoms with E-state index in [0.717, 1.165) is 9.26 Å². The van der Waals surface area contributed by atoms with Gasteiger partial charge >= 0.3 is 6.03 Å². The van der Waals surface area contributed by atoms with E-state index in [1.807, 2.05) is 24.3 Å². The molecule has 0 aliphatic rings. The van der Waals surface area contributed by atoms with Gasteiger partial charge in [0.05, 0.1) is 5.69 Å². The number of amides is 2. The molecule has 2 amide bonds. The third-order valence-corrected chi connectivity index (χ3v) is 2.46. The van der Waals surface area contributed by atoms with Gasteiger partial charge in [-0.15, -0.1) is 0 Å². The molecule has 0 bridgehead atoms. The minimum atomic E-state index is -0.107. The molecular formula is C9H11IN2O. The molecular weight excluding hydrogens is 279 g/mol. The zero-order valence-corrected chi connectivity index (χ0v) is 9.70. The second-order valence-corrected chi connectivity index (χ2v) is 3.97.